The second-order valence-electron chi connectivity index (χ2n) is 5.41. The van der Waals surface area contributed by atoms with Crippen LogP contribution < -0.4 is 19.5 Å². The van der Waals surface area contributed by atoms with E-state index < -0.39 is 6.10 Å². The minimum Gasteiger partial charge on any atom is -0.486 e. The largest absolute Gasteiger partial charge is 0.486 e. The zero-order chi connectivity index (χ0) is 16.9. The summed E-state index contributed by atoms with van der Waals surface area (Å²) in [4.78, 5) is 12.2. The Morgan fingerprint density at radius 2 is 1.88 bits per heavy atom. The van der Waals surface area contributed by atoms with Gasteiger partial charge in [-0.1, -0.05) is 17.7 Å². The predicted molar refractivity (Wildman–Crippen MR) is 90.8 cm³/mol. The zero-order valence-electron chi connectivity index (χ0n) is 13.3. The van der Waals surface area contributed by atoms with Gasteiger partial charge < -0.3 is 19.5 Å². The standard InChI is InChI=1S/C18H18ClNO4/c1-12(24-15-5-3-14(19)4-6-15)18(21)20-11-13-2-7-16-17(10-13)23-9-8-22-16/h2-7,10,12H,8-9,11H2,1H3,(H,20,21). The molecule has 126 valence electrons. The average molecular weight is 348 g/mol. The number of hydrogen-bond acceptors (Lipinski definition) is 4. The number of rotatable bonds is 5. The normalized spacial score (nSPS) is 13.9. The van der Waals surface area contributed by atoms with Gasteiger partial charge in [-0.15, -0.1) is 0 Å². The fraction of sp³-hybridized carbons (Fsp3) is 0.278. The monoisotopic (exact) mass is 347 g/mol. The molecule has 0 saturated heterocycles. The van der Waals surface area contributed by atoms with Gasteiger partial charge in [0.15, 0.2) is 17.6 Å². The Bertz CT molecular complexity index is 717. The van der Waals surface area contributed by atoms with Gasteiger partial charge in [0.2, 0.25) is 0 Å². The van der Waals surface area contributed by atoms with E-state index in [4.69, 9.17) is 25.8 Å². The van der Waals surface area contributed by atoms with Crippen LogP contribution in [0.4, 0.5) is 0 Å². The fourth-order valence-corrected chi connectivity index (χ4v) is 2.43. The summed E-state index contributed by atoms with van der Waals surface area (Å²) in [6.45, 7) is 3.19. The molecule has 6 heteroatoms. The number of carbonyl (C=O) groups is 1. The van der Waals surface area contributed by atoms with Gasteiger partial charge in [-0.3, -0.25) is 4.79 Å². The van der Waals surface area contributed by atoms with E-state index in [1.807, 2.05) is 18.2 Å². The summed E-state index contributed by atoms with van der Waals surface area (Å²) in [6, 6.07) is 12.5. The lowest BCUT2D eigenvalue weighted by Crippen LogP contribution is -2.35. The molecule has 0 fully saturated rings. The fourth-order valence-electron chi connectivity index (χ4n) is 2.30. The number of nitrogens with one attached hydrogen (secondary N) is 1. The Labute approximate surface area is 145 Å². The molecular weight excluding hydrogens is 330 g/mol. The summed E-state index contributed by atoms with van der Waals surface area (Å²) in [7, 11) is 0. The van der Waals surface area contributed by atoms with Crippen LogP contribution in [0.5, 0.6) is 17.2 Å². The molecule has 0 saturated carbocycles. The van der Waals surface area contributed by atoms with Crippen LogP contribution in [0.15, 0.2) is 42.5 Å². The van der Waals surface area contributed by atoms with E-state index in [1.54, 1.807) is 31.2 Å². The first kappa shape index (κ1) is 16.5. The van der Waals surface area contributed by atoms with Gasteiger partial charge in [-0.2, -0.15) is 0 Å². The summed E-state index contributed by atoms with van der Waals surface area (Å²) in [5, 5.41) is 3.47. The maximum absolute atomic E-state index is 12.2. The van der Waals surface area contributed by atoms with E-state index >= 15 is 0 Å². The lowest BCUT2D eigenvalue weighted by molar-refractivity contribution is -0.127. The van der Waals surface area contributed by atoms with Crippen LogP contribution >= 0.6 is 11.6 Å². The zero-order valence-corrected chi connectivity index (χ0v) is 14.0. The number of carbonyl (C=O) groups excluding carboxylic acids is 1. The van der Waals surface area contributed by atoms with Gasteiger partial charge in [-0.05, 0) is 48.9 Å². The van der Waals surface area contributed by atoms with Crippen molar-refractivity contribution in [1.29, 1.82) is 0 Å². The van der Waals surface area contributed by atoms with Gasteiger partial charge >= 0.3 is 0 Å². The second-order valence-corrected chi connectivity index (χ2v) is 5.85. The molecule has 2 aromatic carbocycles. The lowest BCUT2D eigenvalue weighted by Gasteiger charge is -2.19. The first-order valence-corrected chi connectivity index (χ1v) is 8.08. The Morgan fingerprint density at radius 1 is 1.17 bits per heavy atom. The van der Waals surface area contributed by atoms with Crippen molar-refractivity contribution in [2.75, 3.05) is 13.2 Å². The maximum atomic E-state index is 12.2. The molecule has 3 rings (SSSR count). The number of hydrogen-bond donors (Lipinski definition) is 1. The summed E-state index contributed by atoms with van der Waals surface area (Å²) in [5.74, 6) is 1.84. The van der Waals surface area contributed by atoms with Gasteiger partial charge in [-0.25, -0.2) is 0 Å². The maximum Gasteiger partial charge on any atom is 0.261 e. The van der Waals surface area contributed by atoms with Crippen molar-refractivity contribution in [1.82, 2.24) is 5.32 Å². The topological polar surface area (TPSA) is 56.8 Å². The first-order chi connectivity index (χ1) is 11.6. The van der Waals surface area contributed by atoms with Gasteiger partial charge in [0.1, 0.15) is 19.0 Å². The molecule has 0 spiro atoms. The highest BCUT2D eigenvalue weighted by molar-refractivity contribution is 6.30. The highest BCUT2D eigenvalue weighted by atomic mass is 35.5. The summed E-state index contributed by atoms with van der Waals surface area (Å²) >= 11 is 5.82. The highest BCUT2D eigenvalue weighted by Gasteiger charge is 2.16. The van der Waals surface area contributed by atoms with E-state index in [-0.39, 0.29) is 5.91 Å². The summed E-state index contributed by atoms with van der Waals surface area (Å²) < 4.78 is 16.6. The minimum absolute atomic E-state index is 0.195. The molecule has 1 N–H and O–H groups in total. The van der Waals surface area contributed by atoms with Crippen LogP contribution in [-0.2, 0) is 11.3 Å². The quantitative estimate of drug-likeness (QED) is 0.902. The summed E-state index contributed by atoms with van der Waals surface area (Å²) in [6.07, 6.45) is -0.608. The van der Waals surface area contributed by atoms with Crippen LogP contribution in [0.1, 0.15) is 12.5 Å². The van der Waals surface area contributed by atoms with Crippen molar-refractivity contribution in [2.24, 2.45) is 0 Å². The van der Waals surface area contributed by atoms with Crippen molar-refractivity contribution < 1.29 is 19.0 Å². The number of benzene rings is 2. The molecule has 0 bridgehead atoms. The number of fused-ring (bicyclic) bond motifs is 1. The van der Waals surface area contributed by atoms with Crippen molar-refractivity contribution >= 4 is 17.5 Å². The van der Waals surface area contributed by atoms with E-state index in [1.165, 1.54) is 0 Å². The molecule has 1 aliphatic heterocycles. The minimum atomic E-state index is -0.608. The van der Waals surface area contributed by atoms with Crippen molar-refractivity contribution in [2.45, 2.75) is 19.6 Å². The molecule has 1 aliphatic rings. The summed E-state index contributed by atoms with van der Waals surface area (Å²) in [5.41, 5.74) is 0.936. The Morgan fingerprint density at radius 3 is 2.62 bits per heavy atom. The Balaban J connectivity index is 1.54. The average Bonchev–Trinajstić information content (AvgIpc) is 2.61. The van der Waals surface area contributed by atoms with Crippen LogP contribution in [-0.4, -0.2) is 25.2 Å². The first-order valence-electron chi connectivity index (χ1n) is 7.70. The molecule has 1 amide bonds. The number of halogens is 1. The van der Waals surface area contributed by atoms with Crippen molar-refractivity contribution in [3.8, 4) is 17.2 Å². The Kier molecular flexibility index (Phi) is 5.11. The smallest absolute Gasteiger partial charge is 0.261 e. The van der Waals surface area contributed by atoms with E-state index in [9.17, 15) is 4.79 Å². The van der Waals surface area contributed by atoms with Gasteiger partial charge in [0.25, 0.3) is 5.91 Å². The molecule has 1 atom stereocenters. The van der Waals surface area contributed by atoms with Crippen molar-refractivity contribution in [3.63, 3.8) is 0 Å². The highest BCUT2D eigenvalue weighted by Crippen LogP contribution is 2.30. The van der Waals surface area contributed by atoms with E-state index in [2.05, 4.69) is 5.32 Å². The molecule has 1 unspecified atom stereocenters. The Hall–Kier alpha value is -2.40. The molecule has 1 heterocycles. The number of ether oxygens (including phenoxy) is 3. The molecule has 0 aliphatic carbocycles. The molecule has 0 aromatic heterocycles. The second kappa shape index (κ2) is 7.45. The van der Waals surface area contributed by atoms with Crippen molar-refractivity contribution in [3.05, 3.63) is 53.1 Å². The van der Waals surface area contributed by atoms with Crippen LogP contribution in [0.2, 0.25) is 5.02 Å². The van der Waals surface area contributed by atoms with Gasteiger partial charge in [0, 0.05) is 11.6 Å². The van der Waals surface area contributed by atoms with E-state index in [0.717, 1.165) is 11.3 Å². The van der Waals surface area contributed by atoms with Gasteiger partial charge in [0.05, 0.1) is 0 Å². The van der Waals surface area contributed by atoms with E-state index in [0.29, 0.717) is 36.3 Å². The third-order valence-corrected chi connectivity index (χ3v) is 3.82. The predicted octanol–water partition coefficient (Wildman–Crippen LogP) is 3.19. The molecular formula is C18H18ClNO4. The molecule has 5 nitrogen and oxygen atoms in total. The van der Waals surface area contributed by atoms with Crippen LogP contribution in [0.25, 0.3) is 0 Å². The lowest BCUT2D eigenvalue weighted by atomic mass is 10.2. The molecule has 0 radical (unpaired) electrons. The van der Waals surface area contributed by atoms with Crippen LogP contribution in [0.3, 0.4) is 0 Å². The number of amides is 1. The third-order valence-electron chi connectivity index (χ3n) is 3.57. The molecule has 2 aromatic rings. The van der Waals surface area contributed by atoms with Crippen LogP contribution in [0, 0.1) is 0 Å². The molecule has 24 heavy (non-hydrogen) atoms. The SMILES string of the molecule is CC(Oc1ccc(Cl)cc1)C(=O)NCc1ccc2c(c1)OCCO2. The third kappa shape index (κ3) is 4.11.